The van der Waals surface area contributed by atoms with Crippen molar-refractivity contribution in [3.05, 3.63) is 30.0 Å². The first kappa shape index (κ1) is 26.9. The molecule has 6 heteroatoms. The summed E-state index contributed by atoms with van der Waals surface area (Å²) in [7, 11) is 0. The second kappa shape index (κ2) is 12.2. The van der Waals surface area contributed by atoms with Gasteiger partial charge in [-0.1, -0.05) is 33.3 Å². The summed E-state index contributed by atoms with van der Waals surface area (Å²) < 4.78 is 10.4. The lowest BCUT2D eigenvalue weighted by Crippen LogP contribution is -2.25. The average Bonchev–Trinajstić information content (AvgIpc) is 2.75. The average molecular weight is 459 g/mol. The molecular formula is C27H42N2O4. The van der Waals surface area contributed by atoms with E-state index in [0.717, 1.165) is 47.6 Å². The lowest BCUT2D eigenvalue weighted by Gasteiger charge is -2.28. The van der Waals surface area contributed by atoms with E-state index in [-0.39, 0.29) is 17.7 Å². The van der Waals surface area contributed by atoms with Crippen molar-refractivity contribution < 1.29 is 19.4 Å². The number of hydrogen-bond acceptors (Lipinski definition) is 6. The molecule has 1 aliphatic heterocycles. The van der Waals surface area contributed by atoms with E-state index in [2.05, 4.69) is 49.3 Å². The van der Waals surface area contributed by atoms with Crippen LogP contribution in [0.15, 0.2) is 24.4 Å². The first-order valence-electron chi connectivity index (χ1n) is 12.2. The van der Waals surface area contributed by atoms with Crippen LogP contribution in [0.3, 0.4) is 0 Å². The molecule has 1 saturated carbocycles. The summed E-state index contributed by atoms with van der Waals surface area (Å²) in [6.07, 6.45) is 6.35. The number of nitrogens with zero attached hydrogens (tertiary/aromatic N) is 1. The van der Waals surface area contributed by atoms with Crippen LogP contribution in [0.4, 0.5) is 5.69 Å². The Labute approximate surface area is 199 Å². The Hall–Kier alpha value is -2.34. The number of aryl methyl sites for hydroxylation is 1. The Morgan fingerprint density at radius 1 is 1.27 bits per heavy atom. The van der Waals surface area contributed by atoms with Gasteiger partial charge >= 0.3 is 5.97 Å². The van der Waals surface area contributed by atoms with Crippen molar-refractivity contribution in [2.24, 2.45) is 11.8 Å². The van der Waals surface area contributed by atoms with Crippen molar-refractivity contribution in [1.29, 1.82) is 0 Å². The highest BCUT2D eigenvalue weighted by molar-refractivity contribution is 5.95. The molecule has 0 saturated heterocycles. The van der Waals surface area contributed by atoms with Gasteiger partial charge in [0, 0.05) is 18.9 Å². The summed E-state index contributed by atoms with van der Waals surface area (Å²) in [5, 5.41) is 13.9. The Balaban J connectivity index is 0.000000194. The summed E-state index contributed by atoms with van der Waals surface area (Å²) in [6.45, 7) is 15.0. The molecule has 33 heavy (non-hydrogen) atoms. The zero-order valence-corrected chi connectivity index (χ0v) is 21.4. The molecule has 3 atom stereocenters. The summed E-state index contributed by atoms with van der Waals surface area (Å²) >= 11 is 0. The highest BCUT2D eigenvalue weighted by Crippen LogP contribution is 2.34. The molecule has 1 fully saturated rings. The second-order valence-corrected chi connectivity index (χ2v) is 10.1. The standard InChI is InChI=1S/C13H14N2O.C8H16O.C6H12O2/c1-2-9-3-4-11-10(7-9)13-12(8-15-11)16-6-5-14-13;1-6-3-4-7(2)8(9)5-6;1-5(7)8-6(2,3)4/h3-4,7-8,14H,2,5-6H2,1H3;6-9H,3-5H2,1-2H3;1-4H3/t;6-,7?,8?;/m.0./s1. The smallest absolute Gasteiger partial charge is 0.303 e. The third kappa shape index (κ3) is 8.84. The highest BCUT2D eigenvalue weighted by atomic mass is 16.6. The number of benzene rings is 1. The van der Waals surface area contributed by atoms with E-state index in [4.69, 9.17) is 9.47 Å². The number of ether oxygens (including phenoxy) is 2. The molecule has 2 aliphatic rings. The van der Waals surface area contributed by atoms with Gasteiger partial charge in [-0.2, -0.15) is 0 Å². The number of anilines is 1. The molecule has 2 aromatic rings. The molecule has 6 nitrogen and oxygen atoms in total. The van der Waals surface area contributed by atoms with E-state index in [9.17, 15) is 9.90 Å². The fourth-order valence-corrected chi connectivity index (χ4v) is 4.00. The van der Waals surface area contributed by atoms with E-state index < -0.39 is 0 Å². The molecule has 2 N–H and O–H groups in total. The lowest BCUT2D eigenvalue weighted by molar-refractivity contribution is -0.151. The van der Waals surface area contributed by atoms with Gasteiger partial charge < -0.3 is 19.9 Å². The van der Waals surface area contributed by atoms with E-state index in [1.165, 1.54) is 25.3 Å². The number of nitrogens with one attached hydrogen (secondary N) is 1. The van der Waals surface area contributed by atoms with Crippen LogP contribution in [0.25, 0.3) is 10.9 Å². The topological polar surface area (TPSA) is 80.7 Å². The van der Waals surface area contributed by atoms with Crippen molar-refractivity contribution in [2.45, 2.75) is 85.9 Å². The van der Waals surface area contributed by atoms with Gasteiger partial charge in [0.05, 0.1) is 23.5 Å². The van der Waals surface area contributed by atoms with E-state index >= 15 is 0 Å². The van der Waals surface area contributed by atoms with Gasteiger partial charge in [0.1, 0.15) is 12.2 Å². The molecule has 1 aliphatic carbocycles. The van der Waals surface area contributed by atoms with Gasteiger partial charge in [-0.25, -0.2) is 0 Å². The van der Waals surface area contributed by atoms with Gasteiger partial charge in [-0.3, -0.25) is 9.78 Å². The monoisotopic (exact) mass is 458 g/mol. The van der Waals surface area contributed by atoms with Crippen molar-refractivity contribution in [3.8, 4) is 5.75 Å². The largest absolute Gasteiger partial charge is 0.488 e. The molecular weight excluding hydrogens is 416 g/mol. The van der Waals surface area contributed by atoms with Crippen molar-refractivity contribution in [1.82, 2.24) is 4.98 Å². The number of aliphatic hydroxyl groups is 1. The van der Waals surface area contributed by atoms with E-state index in [0.29, 0.717) is 12.5 Å². The Morgan fingerprint density at radius 2 is 2.00 bits per heavy atom. The van der Waals surface area contributed by atoms with Gasteiger partial charge in [0.2, 0.25) is 0 Å². The Bertz CT molecular complexity index is 902. The Kier molecular flexibility index (Phi) is 9.96. The van der Waals surface area contributed by atoms with Gasteiger partial charge in [-0.05, 0) is 69.6 Å². The SMILES string of the molecule is CC(=O)OC(C)(C)C.CC1CC[C@H](C)CC1O.CCc1ccc2ncc3c(c2c1)NCCO3. The maximum atomic E-state index is 10.2. The second-order valence-electron chi connectivity index (χ2n) is 10.1. The van der Waals surface area contributed by atoms with Crippen LogP contribution in [-0.4, -0.2) is 40.9 Å². The molecule has 1 aromatic carbocycles. The number of rotatable bonds is 1. The number of carbonyl (C=O) groups excluding carboxylic acids is 1. The number of esters is 1. The first-order chi connectivity index (χ1) is 15.5. The minimum absolute atomic E-state index is 0.0197. The summed E-state index contributed by atoms with van der Waals surface area (Å²) in [4.78, 5) is 14.6. The van der Waals surface area contributed by atoms with Crippen LogP contribution in [0.2, 0.25) is 0 Å². The summed E-state index contributed by atoms with van der Waals surface area (Å²) in [6, 6.07) is 6.40. The van der Waals surface area contributed by atoms with Gasteiger partial charge in [0.15, 0.2) is 5.75 Å². The number of aromatic nitrogens is 1. The van der Waals surface area contributed by atoms with Crippen LogP contribution in [0.5, 0.6) is 5.75 Å². The molecule has 184 valence electrons. The molecule has 4 rings (SSSR count). The van der Waals surface area contributed by atoms with Crippen LogP contribution < -0.4 is 10.1 Å². The quantitative estimate of drug-likeness (QED) is 0.529. The Morgan fingerprint density at radius 3 is 2.55 bits per heavy atom. The predicted octanol–water partition coefficient (Wildman–Crippen LogP) is 5.75. The molecule has 2 heterocycles. The first-order valence-corrected chi connectivity index (χ1v) is 12.2. The lowest BCUT2D eigenvalue weighted by atomic mass is 9.82. The highest BCUT2D eigenvalue weighted by Gasteiger charge is 2.22. The third-order valence-electron chi connectivity index (χ3n) is 5.83. The maximum Gasteiger partial charge on any atom is 0.303 e. The predicted molar refractivity (Wildman–Crippen MR) is 135 cm³/mol. The summed E-state index contributed by atoms with van der Waals surface area (Å²) in [5.74, 6) is 1.93. The van der Waals surface area contributed by atoms with Gasteiger partial charge in [0.25, 0.3) is 0 Å². The number of aliphatic hydroxyl groups excluding tert-OH is 1. The van der Waals surface area contributed by atoms with E-state index in [1.807, 2.05) is 20.8 Å². The molecule has 1 aromatic heterocycles. The third-order valence-corrected chi connectivity index (χ3v) is 5.83. The van der Waals surface area contributed by atoms with Crippen LogP contribution >= 0.6 is 0 Å². The number of pyridine rings is 1. The van der Waals surface area contributed by atoms with Crippen LogP contribution in [0.1, 0.15) is 73.3 Å². The number of carbonyl (C=O) groups is 1. The number of hydrogen-bond donors (Lipinski definition) is 2. The van der Waals surface area contributed by atoms with Crippen molar-refractivity contribution in [2.75, 3.05) is 18.5 Å². The summed E-state index contributed by atoms with van der Waals surface area (Å²) in [5.41, 5.74) is 3.11. The molecule has 0 spiro atoms. The van der Waals surface area contributed by atoms with Crippen molar-refractivity contribution in [3.63, 3.8) is 0 Å². The molecule has 0 amide bonds. The zero-order chi connectivity index (χ0) is 24.6. The molecule has 2 unspecified atom stereocenters. The molecule has 0 bridgehead atoms. The van der Waals surface area contributed by atoms with Gasteiger partial charge in [-0.15, -0.1) is 0 Å². The fourth-order valence-electron chi connectivity index (χ4n) is 4.00. The number of fused-ring (bicyclic) bond motifs is 3. The minimum Gasteiger partial charge on any atom is -0.488 e. The normalized spacial score (nSPS) is 21.8. The fraction of sp³-hybridized carbons (Fsp3) is 0.630. The van der Waals surface area contributed by atoms with Crippen LogP contribution in [-0.2, 0) is 16.0 Å². The minimum atomic E-state index is -0.328. The molecule has 0 radical (unpaired) electrons. The van der Waals surface area contributed by atoms with E-state index in [1.54, 1.807) is 6.20 Å². The van der Waals surface area contributed by atoms with Crippen molar-refractivity contribution >= 4 is 22.6 Å². The zero-order valence-electron chi connectivity index (χ0n) is 21.4. The van der Waals surface area contributed by atoms with Crippen LogP contribution in [0, 0.1) is 11.8 Å². The maximum absolute atomic E-state index is 10.2.